The lowest BCUT2D eigenvalue weighted by molar-refractivity contribution is -0.150. The van der Waals surface area contributed by atoms with Crippen molar-refractivity contribution in [1.82, 2.24) is 5.32 Å². The molecule has 5 heteroatoms. The van der Waals surface area contributed by atoms with Crippen molar-refractivity contribution < 1.29 is 19.4 Å². The molecule has 1 atom stereocenters. The van der Waals surface area contributed by atoms with Crippen LogP contribution in [-0.2, 0) is 9.59 Å². The standard InChI is InChI=1S/C12H15NO4/c1-8(2)10(14)13-11(12(15)16)17-9-6-4-3-5-7-9/h3-8,11H,1-2H3,(H,13,14)(H,15,16). The van der Waals surface area contributed by atoms with Crippen LogP contribution in [0.4, 0.5) is 0 Å². The highest BCUT2D eigenvalue weighted by Crippen LogP contribution is 2.10. The van der Waals surface area contributed by atoms with E-state index in [1.165, 1.54) is 0 Å². The molecule has 0 saturated carbocycles. The van der Waals surface area contributed by atoms with Crippen LogP contribution in [0.3, 0.4) is 0 Å². The fourth-order valence-electron chi connectivity index (χ4n) is 1.07. The molecule has 0 fully saturated rings. The number of carbonyl (C=O) groups is 2. The van der Waals surface area contributed by atoms with Crippen molar-refractivity contribution in [1.29, 1.82) is 0 Å². The van der Waals surface area contributed by atoms with Gasteiger partial charge in [0.25, 0.3) is 6.23 Å². The van der Waals surface area contributed by atoms with Crippen molar-refractivity contribution in [3.05, 3.63) is 30.3 Å². The Morgan fingerprint density at radius 2 is 1.82 bits per heavy atom. The summed E-state index contributed by atoms with van der Waals surface area (Å²) in [4.78, 5) is 22.3. The minimum atomic E-state index is -1.37. The van der Waals surface area contributed by atoms with Crippen LogP contribution in [0.15, 0.2) is 30.3 Å². The highest BCUT2D eigenvalue weighted by molar-refractivity contribution is 5.83. The Kier molecular flexibility index (Phi) is 4.51. The van der Waals surface area contributed by atoms with Crippen LogP contribution in [0, 0.1) is 5.92 Å². The topological polar surface area (TPSA) is 75.6 Å². The van der Waals surface area contributed by atoms with Gasteiger partial charge < -0.3 is 15.2 Å². The first-order valence-corrected chi connectivity index (χ1v) is 5.25. The minimum absolute atomic E-state index is 0.295. The summed E-state index contributed by atoms with van der Waals surface area (Å²) in [5.41, 5.74) is 0. The average Bonchev–Trinajstić information content (AvgIpc) is 2.29. The number of amides is 1. The lowest BCUT2D eigenvalue weighted by Gasteiger charge is -2.17. The summed E-state index contributed by atoms with van der Waals surface area (Å²) in [5.74, 6) is -1.50. The number of carboxylic acid groups (broad SMARTS) is 1. The van der Waals surface area contributed by atoms with Gasteiger partial charge in [0.15, 0.2) is 0 Å². The Bertz CT molecular complexity index is 389. The molecule has 0 saturated heterocycles. The molecular formula is C12H15NO4. The second kappa shape index (κ2) is 5.89. The Morgan fingerprint density at radius 3 is 2.29 bits per heavy atom. The molecule has 0 bridgehead atoms. The molecule has 0 spiro atoms. The van der Waals surface area contributed by atoms with Gasteiger partial charge in [0.05, 0.1) is 0 Å². The molecule has 2 N–H and O–H groups in total. The number of carbonyl (C=O) groups excluding carboxylic acids is 1. The minimum Gasteiger partial charge on any atom is -0.477 e. The van der Waals surface area contributed by atoms with E-state index in [2.05, 4.69) is 5.32 Å². The number of ether oxygens (including phenoxy) is 1. The monoisotopic (exact) mass is 237 g/mol. The number of carboxylic acids is 1. The summed E-state index contributed by atoms with van der Waals surface area (Å²) in [6.45, 7) is 3.35. The number of nitrogens with one attached hydrogen (secondary N) is 1. The number of para-hydroxylation sites is 1. The van der Waals surface area contributed by atoms with Crippen LogP contribution in [0.25, 0.3) is 0 Å². The van der Waals surface area contributed by atoms with Gasteiger partial charge in [-0.2, -0.15) is 0 Å². The van der Waals surface area contributed by atoms with Gasteiger partial charge in [-0.1, -0.05) is 32.0 Å². The largest absolute Gasteiger partial charge is 0.477 e. The Balaban J connectivity index is 2.68. The van der Waals surface area contributed by atoms with Gasteiger partial charge in [-0.05, 0) is 12.1 Å². The van der Waals surface area contributed by atoms with Crippen molar-refractivity contribution in [2.45, 2.75) is 20.1 Å². The maximum absolute atomic E-state index is 11.4. The van der Waals surface area contributed by atoms with E-state index in [1.807, 2.05) is 0 Å². The van der Waals surface area contributed by atoms with Gasteiger partial charge in [-0.25, -0.2) is 4.79 Å². The summed E-state index contributed by atoms with van der Waals surface area (Å²) in [7, 11) is 0. The normalized spacial score (nSPS) is 11.9. The highest BCUT2D eigenvalue weighted by atomic mass is 16.5. The third-order valence-electron chi connectivity index (χ3n) is 2.02. The molecule has 0 aliphatic heterocycles. The SMILES string of the molecule is CC(C)C(=O)NC(Oc1ccccc1)C(=O)O. The van der Waals surface area contributed by atoms with Crippen molar-refractivity contribution in [3.8, 4) is 5.75 Å². The number of hydrogen-bond acceptors (Lipinski definition) is 3. The van der Waals surface area contributed by atoms with E-state index in [9.17, 15) is 9.59 Å². The first-order chi connectivity index (χ1) is 8.00. The fraction of sp³-hybridized carbons (Fsp3) is 0.333. The zero-order valence-corrected chi connectivity index (χ0v) is 9.71. The summed E-state index contributed by atoms with van der Waals surface area (Å²) in [6, 6.07) is 8.47. The molecule has 1 amide bonds. The van der Waals surface area contributed by atoms with E-state index in [1.54, 1.807) is 44.2 Å². The lowest BCUT2D eigenvalue weighted by atomic mass is 10.2. The van der Waals surface area contributed by atoms with Gasteiger partial charge in [0, 0.05) is 5.92 Å². The van der Waals surface area contributed by atoms with E-state index in [-0.39, 0.29) is 11.8 Å². The van der Waals surface area contributed by atoms with Crippen LogP contribution in [0.5, 0.6) is 5.75 Å². The Hall–Kier alpha value is -2.04. The number of aliphatic carboxylic acids is 1. The highest BCUT2D eigenvalue weighted by Gasteiger charge is 2.22. The second-order valence-electron chi connectivity index (χ2n) is 3.81. The zero-order chi connectivity index (χ0) is 12.8. The van der Waals surface area contributed by atoms with Crippen molar-refractivity contribution in [2.75, 3.05) is 0 Å². The molecule has 0 radical (unpaired) electrons. The summed E-state index contributed by atoms with van der Waals surface area (Å²) < 4.78 is 5.17. The van der Waals surface area contributed by atoms with E-state index < -0.39 is 12.2 Å². The smallest absolute Gasteiger partial charge is 0.366 e. The van der Waals surface area contributed by atoms with E-state index in [4.69, 9.17) is 9.84 Å². The van der Waals surface area contributed by atoms with Crippen LogP contribution < -0.4 is 10.1 Å². The van der Waals surface area contributed by atoms with Crippen LogP contribution in [-0.4, -0.2) is 23.2 Å². The van der Waals surface area contributed by atoms with Gasteiger partial charge in [-0.3, -0.25) is 4.79 Å². The van der Waals surface area contributed by atoms with Crippen LogP contribution >= 0.6 is 0 Å². The molecule has 0 aliphatic carbocycles. The Morgan fingerprint density at radius 1 is 1.24 bits per heavy atom. The number of rotatable bonds is 5. The summed E-state index contributed by atoms with van der Waals surface area (Å²) in [6.07, 6.45) is -1.37. The molecule has 0 heterocycles. The molecule has 92 valence electrons. The van der Waals surface area contributed by atoms with E-state index in [0.717, 1.165) is 0 Å². The summed E-state index contributed by atoms with van der Waals surface area (Å²) in [5, 5.41) is 11.2. The predicted octanol–water partition coefficient (Wildman–Crippen LogP) is 1.25. The molecule has 17 heavy (non-hydrogen) atoms. The third kappa shape index (κ3) is 4.14. The molecule has 1 aromatic carbocycles. The number of benzene rings is 1. The quantitative estimate of drug-likeness (QED) is 0.756. The average molecular weight is 237 g/mol. The van der Waals surface area contributed by atoms with Crippen molar-refractivity contribution >= 4 is 11.9 Å². The van der Waals surface area contributed by atoms with Crippen LogP contribution in [0.2, 0.25) is 0 Å². The van der Waals surface area contributed by atoms with Gasteiger partial charge in [0.2, 0.25) is 5.91 Å². The molecule has 5 nitrogen and oxygen atoms in total. The number of hydrogen-bond donors (Lipinski definition) is 2. The van der Waals surface area contributed by atoms with Gasteiger partial charge in [-0.15, -0.1) is 0 Å². The van der Waals surface area contributed by atoms with Crippen LogP contribution in [0.1, 0.15) is 13.8 Å². The molecule has 1 unspecified atom stereocenters. The van der Waals surface area contributed by atoms with E-state index >= 15 is 0 Å². The third-order valence-corrected chi connectivity index (χ3v) is 2.02. The van der Waals surface area contributed by atoms with E-state index in [0.29, 0.717) is 5.75 Å². The zero-order valence-electron chi connectivity index (χ0n) is 9.71. The molecule has 0 aromatic heterocycles. The maximum Gasteiger partial charge on any atom is 0.366 e. The molecule has 1 aromatic rings. The lowest BCUT2D eigenvalue weighted by Crippen LogP contribution is -2.46. The Labute approximate surface area is 99.4 Å². The molecule has 1 rings (SSSR count). The van der Waals surface area contributed by atoms with Crippen molar-refractivity contribution in [3.63, 3.8) is 0 Å². The fourth-order valence-corrected chi connectivity index (χ4v) is 1.07. The van der Waals surface area contributed by atoms with Gasteiger partial charge in [0.1, 0.15) is 5.75 Å². The second-order valence-corrected chi connectivity index (χ2v) is 3.81. The van der Waals surface area contributed by atoms with Gasteiger partial charge >= 0.3 is 5.97 Å². The first-order valence-electron chi connectivity index (χ1n) is 5.25. The predicted molar refractivity (Wildman–Crippen MR) is 61.5 cm³/mol. The molecular weight excluding hydrogens is 222 g/mol. The first kappa shape index (κ1) is 13.0. The maximum atomic E-state index is 11.4. The molecule has 0 aliphatic rings. The van der Waals surface area contributed by atoms with Crippen molar-refractivity contribution in [2.24, 2.45) is 5.92 Å². The summed E-state index contributed by atoms with van der Waals surface area (Å²) >= 11 is 0.